The van der Waals surface area contributed by atoms with E-state index in [9.17, 15) is 14.4 Å². The molecule has 0 rings (SSSR count). The summed E-state index contributed by atoms with van der Waals surface area (Å²) in [7, 11) is 0. The molecule has 8 heteroatoms. The zero-order valence-corrected chi connectivity index (χ0v) is 6.30. The number of hydrogen-bond acceptors (Lipinski definition) is 5. The van der Waals surface area contributed by atoms with Crippen molar-refractivity contribution in [3.05, 3.63) is 0 Å². The fraction of sp³-hybridized carbons (Fsp3) is 0.400. The number of carbonyl (C=O) groups excluding carboxylic acids is 2. The first-order valence-corrected chi connectivity index (χ1v) is 3.05. The van der Waals surface area contributed by atoms with Gasteiger partial charge in [-0.05, 0) is 0 Å². The van der Waals surface area contributed by atoms with Gasteiger partial charge in [0.25, 0.3) is 5.91 Å². The lowest BCUT2D eigenvalue weighted by Gasteiger charge is -2.11. The molecule has 0 aromatic heterocycles. The number of nitrogens with two attached hydrogens (primary N) is 1. The van der Waals surface area contributed by atoms with Gasteiger partial charge in [0.15, 0.2) is 12.2 Å². The highest BCUT2D eigenvalue weighted by Crippen LogP contribution is 1.93. The lowest BCUT2D eigenvalue weighted by atomic mass is 10.2. The molecule has 3 amide bonds. The summed E-state index contributed by atoms with van der Waals surface area (Å²) in [6.45, 7) is 0. The molecule has 0 fully saturated rings. The minimum Gasteiger partial charge on any atom is -0.479 e. The number of rotatable bonds is 3. The number of amides is 3. The molecule has 2 unspecified atom stereocenters. The van der Waals surface area contributed by atoms with Crippen LogP contribution in [0.3, 0.4) is 0 Å². The maximum absolute atomic E-state index is 10.6. The van der Waals surface area contributed by atoms with E-state index in [1.54, 1.807) is 0 Å². The summed E-state index contributed by atoms with van der Waals surface area (Å²) in [6, 6.07) is -1.25. The number of primary amides is 1. The largest absolute Gasteiger partial charge is 0.479 e. The SMILES string of the molecule is NC(=O)NC(=O)C(O)C(O)C(=O)O. The molecule has 0 aromatic rings. The number of urea groups is 1. The predicted octanol–water partition coefficient (Wildman–Crippen LogP) is -3.01. The number of aliphatic hydroxyl groups excluding tert-OH is 2. The second-order valence-corrected chi connectivity index (χ2v) is 2.08. The van der Waals surface area contributed by atoms with Gasteiger partial charge < -0.3 is 21.1 Å². The van der Waals surface area contributed by atoms with E-state index in [0.29, 0.717) is 0 Å². The van der Waals surface area contributed by atoms with Crippen molar-refractivity contribution < 1.29 is 29.7 Å². The maximum atomic E-state index is 10.6. The van der Waals surface area contributed by atoms with Gasteiger partial charge in [0.2, 0.25) is 0 Å². The highest BCUT2D eigenvalue weighted by Gasteiger charge is 2.30. The quantitative estimate of drug-likeness (QED) is 0.321. The first kappa shape index (κ1) is 11.3. The molecule has 0 aliphatic heterocycles. The van der Waals surface area contributed by atoms with E-state index < -0.39 is 30.1 Å². The Morgan fingerprint density at radius 3 is 1.92 bits per heavy atom. The summed E-state index contributed by atoms with van der Waals surface area (Å²) in [6.07, 6.45) is -4.52. The molecular formula is C5H8N2O6. The Bertz CT molecular complexity index is 239. The Morgan fingerprint density at radius 2 is 1.62 bits per heavy atom. The van der Waals surface area contributed by atoms with Crippen LogP contribution in [-0.4, -0.2) is 45.4 Å². The van der Waals surface area contributed by atoms with Crippen molar-refractivity contribution in [3.63, 3.8) is 0 Å². The van der Waals surface area contributed by atoms with Crippen molar-refractivity contribution in [3.8, 4) is 0 Å². The van der Waals surface area contributed by atoms with Gasteiger partial charge in [-0.25, -0.2) is 9.59 Å². The van der Waals surface area contributed by atoms with Crippen molar-refractivity contribution in [1.82, 2.24) is 5.32 Å². The van der Waals surface area contributed by atoms with Gasteiger partial charge in [-0.2, -0.15) is 0 Å². The van der Waals surface area contributed by atoms with Gasteiger partial charge in [-0.1, -0.05) is 0 Å². The van der Waals surface area contributed by atoms with E-state index in [1.165, 1.54) is 5.32 Å². The van der Waals surface area contributed by atoms with E-state index in [0.717, 1.165) is 0 Å². The second kappa shape index (κ2) is 4.38. The van der Waals surface area contributed by atoms with Crippen LogP contribution in [0.25, 0.3) is 0 Å². The van der Waals surface area contributed by atoms with Crippen LogP contribution < -0.4 is 11.1 Å². The Balaban J connectivity index is 4.25. The Labute approximate surface area is 72.0 Å². The third-order valence-electron chi connectivity index (χ3n) is 1.07. The van der Waals surface area contributed by atoms with Crippen molar-refractivity contribution in [1.29, 1.82) is 0 Å². The smallest absolute Gasteiger partial charge is 0.335 e. The average molecular weight is 192 g/mol. The van der Waals surface area contributed by atoms with E-state index in [1.807, 2.05) is 0 Å². The molecule has 0 aliphatic rings. The minimum absolute atomic E-state index is 1.25. The summed E-state index contributed by atoms with van der Waals surface area (Å²) in [4.78, 5) is 30.7. The number of hydrogen-bond donors (Lipinski definition) is 5. The molecule has 0 aromatic carbocycles. The van der Waals surface area contributed by atoms with Crippen molar-refractivity contribution in [2.45, 2.75) is 12.2 Å². The number of aliphatic hydroxyl groups is 2. The first-order valence-electron chi connectivity index (χ1n) is 3.05. The summed E-state index contributed by atoms with van der Waals surface area (Å²) in [5.74, 6) is -3.16. The van der Waals surface area contributed by atoms with Crippen LogP contribution in [0.4, 0.5) is 4.79 Å². The number of carboxylic acid groups (broad SMARTS) is 1. The fourth-order valence-electron chi connectivity index (χ4n) is 0.474. The normalized spacial score (nSPS) is 14.3. The highest BCUT2D eigenvalue weighted by atomic mass is 16.4. The predicted molar refractivity (Wildman–Crippen MR) is 37.4 cm³/mol. The number of aliphatic carboxylic acids is 1. The lowest BCUT2D eigenvalue weighted by Crippen LogP contribution is -2.48. The van der Waals surface area contributed by atoms with Gasteiger partial charge in [-0.15, -0.1) is 0 Å². The molecule has 74 valence electrons. The van der Waals surface area contributed by atoms with E-state index >= 15 is 0 Å². The van der Waals surface area contributed by atoms with Crippen LogP contribution in [0.5, 0.6) is 0 Å². The molecule has 0 bridgehead atoms. The van der Waals surface area contributed by atoms with Crippen LogP contribution in [-0.2, 0) is 9.59 Å². The monoisotopic (exact) mass is 192 g/mol. The first-order chi connectivity index (χ1) is 5.86. The summed E-state index contributed by atoms with van der Waals surface area (Å²) < 4.78 is 0. The van der Waals surface area contributed by atoms with Gasteiger partial charge in [0, 0.05) is 0 Å². The van der Waals surface area contributed by atoms with E-state index in [4.69, 9.17) is 15.3 Å². The molecule has 0 saturated heterocycles. The van der Waals surface area contributed by atoms with Crippen LogP contribution in [0.2, 0.25) is 0 Å². The van der Waals surface area contributed by atoms with E-state index in [-0.39, 0.29) is 0 Å². The molecule has 0 spiro atoms. The molecule has 0 radical (unpaired) electrons. The molecule has 8 nitrogen and oxygen atoms in total. The lowest BCUT2D eigenvalue weighted by molar-refractivity contribution is -0.157. The fourth-order valence-corrected chi connectivity index (χ4v) is 0.474. The maximum Gasteiger partial charge on any atom is 0.335 e. The number of imide groups is 1. The van der Waals surface area contributed by atoms with Crippen LogP contribution in [0.1, 0.15) is 0 Å². The number of carboxylic acids is 1. The van der Waals surface area contributed by atoms with Crippen molar-refractivity contribution in [2.24, 2.45) is 5.73 Å². The topological polar surface area (TPSA) is 150 Å². The Morgan fingerprint density at radius 1 is 1.15 bits per heavy atom. The molecule has 0 heterocycles. The van der Waals surface area contributed by atoms with Gasteiger partial charge in [0.1, 0.15) is 0 Å². The van der Waals surface area contributed by atoms with Crippen LogP contribution in [0, 0.1) is 0 Å². The zero-order valence-electron chi connectivity index (χ0n) is 6.30. The second-order valence-electron chi connectivity index (χ2n) is 2.08. The average Bonchev–Trinajstić information content (AvgIpc) is 2.00. The molecular weight excluding hydrogens is 184 g/mol. The summed E-state index contributed by atoms with van der Waals surface area (Å²) in [5, 5.41) is 26.9. The summed E-state index contributed by atoms with van der Waals surface area (Å²) >= 11 is 0. The molecule has 6 N–H and O–H groups in total. The third kappa shape index (κ3) is 3.49. The molecule has 13 heavy (non-hydrogen) atoms. The van der Waals surface area contributed by atoms with Crippen LogP contribution in [0.15, 0.2) is 0 Å². The van der Waals surface area contributed by atoms with E-state index in [2.05, 4.69) is 5.73 Å². The van der Waals surface area contributed by atoms with Crippen LogP contribution >= 0.6 is 0 Å². The molecule has 2 atom stereocenters. The highest BCUT2D eigenvalue weighted by molar-refractivity contribution is 5.98. The number of carbonyl (C=O) groups is 3. The van der Waals surface area contributed by atoms with Crippen molar-refractivity contribution >= 4 is 17.9 Å². The van der Waals surface area contributed by atoms with Gasteiger partial charge in [-0.3, -0.25) is 10.1 Å². The Kier molecular flexibility index (Phi) is 3.82. The minimum atomic E-state index is -2.29. The molecule has 0 saturated carbocycles. The third-order valence-corrected chi connectivity index (χ3v) is 1.07. The van der Waals surface area contributed by atoms with Crippen molar-refractivity contribution in [2.75, 3.05) is 0 Å². The molecule has 0 aliphatic carbocycles. The van der Waals surface area contributed by atoms with Gasteiger partial charge in [0.05, 0.1) is 0 Å². The number of nitrogens with one attached hydrogen (secondary N) is 1. The standard InChI is InChI=1S/C5H8N2O6/c6-5(13)7-3(10)1(8)2(9)4(11)12/h1-2,8-9H,(H,11,12)(H3,6,7,10,13). The van der Waals surface area contributed by atoms with Gasteiger partial charge >= 0.3 is 12.0 Å². The zero-order chi connectivity index (χ0) is 10.6. The Hall–Kier alpha value is -1.67. The summed E-state index contributed by atoms with van der Waals surface area (Å²) in [5.41, 5.74) is 4.50.